The number of esters is 1. The molecule has 0 bridgehead atoms. The summed E-state index contributed by atoms with van der Waals surface area (Å²) >= 11 is 8.54. The third kappa shape index (κ3) is 5.63. The summed E-state index contributed by atoms with van der Waals surface area (Å²) in [6.45, 7) is 11.3. The predicted molar refractivity (Wildman–Crippen MR) is 152 cm³/mol. The van der Waals surface area contributed by atoms with Crippen molar-refractivity contribution >= 4 is 76.9 Å². The largest absolute Gasteiger partial charge is 0.493 e. The number of rotatable bonds is 6. The smallest absolute Gasteiger partial charge is 0.435 e. The van der Waals surface area contributed by atoms with E-state index in [2.05, 4.69) is 37.0 Å². The molecule has 3 aromatic rings. The first-order valence-corrected chi connectivity index (χ1v) is 14.6. The van der Waals surface area contributed by atoms with Crippen molar-refractivity contribution in [3.63, 3.8) is 0 Å². The number of hydrogen-bond donors (Lipinski definition) is 0. The molecule has 0 saturated carbocycles. The molecule has 0 saturated heterocycles. The van der Waals surface area contributed by atoms with E-state index in [4.69, 9.17) is 19.2 Å². The monoisotopic (exact) mass is 653 g/mol. The Morgan fingerprint density at radius 2 is 1.86 bits per heavy atom. The lowest BCUT2D eigenvalue weighted by molar-refractivity contribution is -0.157. The van der Waals surface area contributed by atoms with Crippen LogP contribution in [0.4, 0.5) is 10.5 Å². The summed E-state index contributed by atoms with van der Waals surface area (Å²) in [7, 11) is 0. The molecule has 1 unspecified atom stereocenters. The number of carbonyl (C=O) groups excluding carboxylic acids is 2. The molecule has 8 nitrogen and oxygen atoms in total. The number of halogens is 2. The molecular weight excluding hydrogens is 626 g/mol. The van der Waals surface area contributed by atoms with Gasteiger partial charge >= 0.3 is 12.1 Å². The van der Waals surface area contributed by atoms with Crippen LogP contribution in [0.1, 0.15) is 59.2 Å². The molecule has 198 valence electrons. The summed E-state index contributed by atoms with van der Waals surface area (Å²) in [5.74, 6) is 0.235. The van der Waals surface area contributed by atoms with Crippen molar-refractivity contribution in [1.82, 2.24) is 9.78 Å². The zero-order valence-corrected chi connectivity index (χ0v) is 25.5. The Hall–Kier alpha value is -2.24. The van der Waals surface area contributed by atoms with E-state index in [-0.39, 0.29) is 0 Å². The van der Waals surface area contributed by atoms with E-state index in [1.54, 1.807) is 47.6 Å². The van der Waals surface area contributed by atoms with Gasteiger partial charge in [0, 0.05) is 17.0 Å². The standard InChI is InChI=1S/C26H29Br2N3O5S/c1-24(2,3)22(32)35-26(28)16-9-8-15(34-12-7-11-27)14-17(16)29-21(26)19-20-18(10-13-37-20)31(30-19)23(33)36-25(4,5)6/h8-10,13-14H,7,11-12H2,1-6H3. The first kappa shape index (κ1) is 27.8. The van der Waals surface area contributed by atoms with Crippen LogP contribution in [0.2, 0.25) is 0 Å². The fourth-order valence-corrected chi connectivity index (χ4v) is 5.41. The zero-order valence-electron chi connectivity index (χ0n) is 21.6. The minimum absolute atomic E-state index is 0.368. The summed E-state index contributed by atoms with van der Waals surface area (Å²) < 4.78 is 18.1. The summed E-state index contributed by atoms with van der Waals surface area (Å²) in [6, 6.07) is 7.27. The molecule has 1 aliphatic rings. The maximum atomic E-state index is 13.1. The molecule has 0 amide bonds. The third-order valence-corrected chi connectivity index (χ3v) is 7.76. The van der Waals surface area contributed by atoms with Crippen LogP contribution in [0.15, 0.2) is 34.6 Å². The number of hydrogen-bond acceptors (Lipinski definition) is 8. The van der Waals surface area contributed by atoms with Gasteiger partial charge in [-0.15, -0.1) is 11.3 Å². The lowest BCUT2D eigenvalue weighted by atomic mass is 9.96. The van der Waals surface area contributed by atoms with Gasteiger partial charge in [0.1, 0.15) is 22.8 Å². The van der Waals surface area contributed by atoms with Gasteiger partial charge in [0.2, 0.25) is 4.51 Å². The van der Waals surface area contributed by atoms with Crippen molar-refractivity contribution in [3.05, 3.63) is 40.9 Å². The highest BCUT2D eigenvalue weighted by atomic mass is 79.9. The van der Waals surface area contributed by atoms with Crippen LogP contribution in [0.5, 0.6) is 5.75 Å². The molecule has 0 radical (unpaired) electrons. The molecule has 1 aliphatic heterocycles. The Labute approximate surface area is 236 Å². The highest BCUT2D eigenvalue weighted by Gasteiger charge is 2.49. The number of carbonyl (C=O) groups is 2. The fourth-order valence-electron chi connectivity index (χ4n) is 3.56. The van der Waals surface area contributed by atoms with E-state index in [1.807, 2.05) is 23.6 Å². The second-order valence-electron chi connectivity index (χ2n) is 10.6. The minimum Gasteiger partial charge on any atom is -0.493 e. The van der Waals surface area contributed by atoms with Crippen molar-refractivity contribution in [2.75, 3.05) is 11.9 Å². The van der Waals surface area contributed by atoms with Crippen molar-refractivity contribution < 1.29 is 23.8 Å². The first-order chi connectivity index (χ1) is 17.2. The van der Waals surface area contributed by atoms with E-state index >= 15 is 0 Å². The van der Waals surface area contributed by atoms with E-state index < -0.39 is 27.6 Å². The summed E-state index contributed by atoms with van der Waals surface area (Å²) in [5.41, 5.74) is 1.15. The Bertz CT molecular complexity index is 1380. The van der Waals surface area contributed by atoms with Gasteiger partial charge in [0.15, 0.2) is 0 Å². The molecule has 2 aromatic heterocycles. The quantitative estimate of drug-likeness (QED) is 0.157. The number of aromatic nitrogens is 2. The van der Waals surface area contributed by atoms with Gasteiger partial charge in [-0.1, -0.05) is 15.9 Å². The van der Waals surface area contributed by atoms with Gasteiger partial charge in [-0.3, -0.25) is 4.79 Å². The Kier molecular flexibility index (Phi) is 7.62. The first-order valence-electron chi connectivity index (χ1n) is 11.8. The van der Waals surface area contributed by atoms with Gasteiger partial charge in [-0.25, -0.2) is 9.79 Å². The third-order valence-electron chi connectivity index (χ3n) is 5.32. The van der Waals surface area contributed by atoms with Crippen LogP contribution < -0.4 is 4.74 Å². The number of nitrogens with zero attached hydrogens (tertiary/aromatic N) is 3. The van der Waals surface area contributed by atoms with Crippen LogP contribution in [0, 0.1) is 5.41 Å². The van der Waals surface area contributed by atoms with Crippen LogP contribution in [0.3, 0.4) is 0 Å². The molecule has 11 heteroatoms. The summed E-state index contributed by atoms with van der Waals surface area (Å²) in [5, 5.41) is 7.32. The maximum Gasteiger partial charge on any atom is 0.435 e. The predicted octanol–water partition coefficient (Wildman–Crippen LogP) is 7.32. The van der Waals surface area contributed by atoms with E-state index in [0.29, 0.717) is 40.5 Å². The molecule has 0 spiro atoms. The number of benzene rings is 1. The number of alkyl halides is 2. The number of aliphatic imine (C=N–C) groups is 1. The van der Waals surface area contributed by atoms with Crippen LogP contribution in [-0.2, 0) is 18.8 Å². The highest BCUT2D eigenvalue weighted by Crippen LogP contribution is 2.50. The van der Waals surface area contributed by atoms with Gasteiger partial charge in [-0.05, 0) is 87.5 Å². The van der Waals surface area contributed by atoms with Gasteiger partial charge in [0.25, 0.3) is 0 Å². The Balaban J connectivity index is 1.84. The van der Waals surface area contributed by atoms with E-state index in [0.717, 1.165) is 16.5 Å². The number of ether oxygens (including phenoxy) is 3. The van der Waals surface area contributed by atoms with Crippen molar-refractivity contribution in [2.24, 2.45) is 10.4 Å². The Morgan fingerprint density at radius 1 is 1.14 bits per heavy atom. The van der Waals surface area contributed by atoms with E-state index in [1.165, 1.54) is 16.0 Å². The average molecular weight is 655 g/mol. The maximum absolute atomic E-state index is 13.1. The van der Waals surface area contributed by atoms with Crippen molar-refractivity contribution in [1.29, 1.82) is 0 Å². The minimum atomic E-state index is -1.41. The van der Waals surface area contributed by atoms with Crippen LogP contribution in [0.25, 0.3) is 10.2 Å². The normalized spacial score (nSPS) is 17.5. The Morgan fingerprint density at radius 3 is 2.51 bits per heavy atom. The number of fused-ring (bicyclic) bond motifs is 2. The topological polar surface area (TPSA) is 92.0 Å². The van der Waals surface area contributed by atoms with Gasteiger partial charge in [-0.2, -0.15) is 9.78 Å². The molecule has 0 N–H and O–H groups in total. The average Bonchev–Trinajstić information content (AvgIpc) is 3.45. The molecular formula is C26H29Br2N3O5S. The second kappa shape index (κ2) is 10.1. The SMILES string of the molecule is CC(C)(C)OC(=O)n1nc(C2=Nc3cc(OCCCBr)ccc3C2(Br)OC(=O)C(C)(C)C)c2sccc21. The second-order valence-corrected chi connectivity index (χ2v) is 13.5. The van der Waals surface area contributed by atoms with Crippen LogP contribution in [-0.4, -0.2) is 45.1 Å². The molecule has 1 atom stereocenters. The van der Waals surface area contributed by atoms with Crippen LogP contribution >= 0.6 is 43.2 Å². The van der Waals surface area contributed by atoms with Gasteiger partial charge < -0.3 is 14.2 Å². The van der Waals surface area contributed by atoms with Gasteiger partial charge in [0.05, 0.1) is 27.9 Å². The lowest BCUT2D eigenvalue weighted by Crippen LogP contribution is -2.37. The number of thiophene rings is 1. The van der Waals surface area contributed by atoms with Crippen molar-refractivity contribution in [2.45, 2.75) is 58.1 Å². The molecule has 1 aromatic carbocycles. The summed E-state index contributed by atoms with van der Waals surface area (Å²) in [6.07, 6.45) is 0.253. The molecule has 0 aliphatic carbocycles. The molecule has 4 rings (SSSR count). The molecule has 37 heavy (non-hydrogen) atoms. The van der Waals surface area contributed by atoms with E-state index in [9.17, 15) is 9.59 Å². The highest BCUT2D eigenvalue weighted by molar-refractivity contribution is 9.10. The lowest BCUT2D eigenvalue weighted by Gasteiger charge is -2.29. The summed E-state index contributed by atoms with van der Waals surface area (Å²) in [4.78, 5) is 30.9. The van der Waals surface area contributed by atoms with Crippen molar-refractivity contribution in [3.8, 4) is 5.75 Å². The zero-order chi connectivity index (χ0) is 27.2. The fraction of sp³-hybridized carbons (Fsp3) is 0.462. The molecule has 3 heterocycles. The molecule has 0 fully saturated rings.